The number of aliphatic hydroxyl groups is 2. The Hall–Kier alpha value is -3.14. The van der Waals surface area contributed by atoms with E-state index >= 15 is 0 Å². The first-order valence-electron chi connectivity index (χ1n) is 9.19. The van der Waals surface area contributed by atoms with Crippen molar-refractivity contribution in [3.8, 4) is 0 Å². The topological polar surface area (TPSA) is 136 Å². The van der Waals surface area contributed by atoms with Crippen molar-refractivity contribution < 1.29 is 19.7 Å². The maximum absolute atomic E-state index is 11.4. The van der Waals surface area contributed by atoms with Crippen molar-refractivity contribution in [2.45, 2.75) is 31.8 Å². The molecule has 9 heteroatoms. The molecule has 4 rings (SSSR count). The second-order valence-electron chi connectivity index (χ2n) is 6.90. The lowest BCUT2D eigenvalue weighted by Gasteiger charge is -2.15. The van der Waals surface area contributed by atoms with E-state index in [1.165, 1.54) is 13.3 Å². The normalized spacial score (nSPS) is 22.0. The van der Waals surface area contributed by atoms with Gasteiger partial charge in [0.1, 0.15) is 24.5 Å². The van der Waals surface area contributed by atoms with Crippen LogP contribution in [0.25, 0.3) is 23.3 Å². The number of nitrogens with zero attached hydrogens (tertiary/aromatic N) is 4. The van der Waals surface area contributed by atoms with Crippen molar-refractivity contribution in [1.29, 1.82) is 0 Å². The summed E-state index contributed by atoms with van der Waals surface area (Å²) >= 11 is 0. The number of nitrogens with two attached hydrogens (primary N) is 1. The van der Waals surface area contributed by atoms with Gasteiger partial charge >= 0.3 is 0 Å². The number of fused-ring (bicyclic) bond motifs is 1. The van der Waals surface area contributed by atoms with Gasteiger partial charge in [-0.05, 0) is 18.6 Å². The van der Waals surface area contributed by atoms with Gasteiger partial charge in [0.05, 0.1) is 12.7 Å². The summed E-state index contributed by atoms with van der Waals surface area (Å²) in [5.74, 6) is 0.775. The number of nitrogen functional groups attached to an aromatic ring is 1. The van der Waals surface area contributed by atoms with Crippen molar-refractivity contribution in [1.82, 2.24) is 19.5 Å². The summed E-state index contributed by atoms with van der Waals surface area (Å²) in [6.45, 7) is 1.24. The van der Waals surface area contributed by atoms with E-state index in [2.05, 4.69) is 15.0 Å². The Kier molecular flexibility index (Phi) is 5.10. The van der Waals surface area contributed by atoms with Crippen LogP contribution in [0.2, 0.25) is 0 Å². The molecule has 4 N–H and O–H groups in total. The molecule has 29 heavy (non-hydrogen) atoms. The lowest BCUT2D eigenvalue weighted by Crippen LogP contribution is -2.24. The van der Waals surface area contributed by atoms with Crippen LogP contribution in [0.1, 0.15) is 41.3 Å². The van der Waals surface area contributed by atoms with E-state index < -0.39 is 18.4 Å². The highest BCUT2D eigenvalue weighted by atomic mass is 16.5. The minimum Gasteiger partial charge on any atom is -0.394 e. The monoisotopic (exact) mass is 395 g/mol. The minimum atomic E-state index is -0.794. The van der Waals surface area contributed by atoms with Gasteiger partial charge in [-0.15, -0.1) is 0 Å². The molecule has 0 bridgehead atoms. The number of carbonyl (C=O) groups is 1. The molecule has 1 fully saturated rings. The number of imidazole rings is 1. The number of hydrogen-bond donors (Lipinski definition) is 3. The molecule has 0 saturated carbocycles. The Morgan fingerprint density at radius 2 is 2.07 bits per heavy atom. The first kappa shape index (κ1) is 19.2. The fraction of sp³-hybridized carbons (Fsp3) is 0.300. The van der Waals surface area contributed by atoms with Crippen LogP contribution in [0.15, 0.2) is 30.6 Å². The third-order valence-electron chi connectivity index (χ3n) is 4.95. The van der Waals surface area contributed by atoms with E-state index in [0.29, 0.717) is 22.6 Å². The van der Waals surface area contributed by atoms with Gasteiger partial charge in [0.25, 0.3) is 0 Å². The van der Waals surface area contributed by atoms with E-state index in [1.54, 1.807) is 22.8 Å². The molecule has 3 atom stereocenters. The van der Waals surface area contributed by atoms with Crippen molar-refractivity contribution in [3.63, 3.8) is 0 Å². The van der Waals surface area contributed by atoms with Crippen molar-refractivity contribution >= 4 is 34.9 Å². The Labute approximate surface area is 166 Å². The van der Waals surface area contributed by atoms with Crippen LogP contribution in [-0.4, -0.2) is 54.3 Å². The predicted molar refractivity (Wildman–Crippen MR) is 107 cm³/mol. The number of carbonyl (C=O) groups excluding carboxylic acids is 1. The standard InChI is InChI=1S/C20H21N5O4/c1-11(27)13-5-2-12(3-6-13)4-7-16-24-18-19(21)22-10-23-20(18)25(16)17-8-14(28)15(9-26)29-17/h2-7,10,14-15,17,26,28H,8-9H2,1H3,(H2,21,22,23)/b7-4+/t14-,15+,17+/m0/s1. The van der Waals surface area contributed by atoms with Crippen LogP contribution in [-0.2, 0) is 4.74 Å². The lowest BCUT2D eigenvalue weighted by molar-refractivity contribution is -0.0434. The molecule has 0 unspecified atom stereocenters. The zero-order valence-electron chi connectivity index (χ0n) is 15.8. The molecule has 9 nitrogen and oxygen atoms in total. The van der Waals surface area contributed by atoms with Gasteiger partial charge in [0, 0.05) is 12.0 Å². The van der Waals surface area contributed by atoms with E-state index in [1.807, 2.05) is 18.2 Å². The number of aliphatic hydroxyl groups excluding tert-OH is 2. The molecule has 0 amide bonds. The van der Waals surface area contributed by atoms with Gasteiger partial charge in [0.15, 0.2) is 22.8 Å². The molecule has 2 aromatic heterocycles. The molecule has 0 aliphatic carbocycles. The molecular formula is C20H21N5O4. The van der Waals surface area contributed by atoms with Gasteiger partial charge in [-0.2, -0.15) is 0 Å². The first-order chi connectivity index (χ1) is 14.0. The van der Waals surface area contributed by atoms with Crippen molar-refractivity contribution in [2.75, 3.05) is 12.3 Å². The lowest BCUT2D eigenvalue weighted by atomic mass is 10.1. The van der Waals surface area contributed by atoms with Crippen molar-refractivity contribution in [2.24, 2.45) is 0 Å². The Morgan fingerprint density at radius 1 is 1.31 bits per heavy atom. The molecule has 1 saturated heterocycles. The Balaban J connectivity index is 1.73. The van der Waals surface area contributed by atoms with Crippen LogP contribution in [0, 0.1) is 0 Å². The Morgan fingerprint density at radius 3 is 2.72 bits per heavy atom. The number of aromatic nitrogens is 4. The largest absolute Gasteiger partial charge is 0.394 e. The number of rotatable bonds is 5. The highest BCUT2D eigenvalue weighted by Gasteiger charge is 2.36. The molecule has 1 aromatic carbocycles. The maximum atomic E-state index is 11.4. The highest BCUT2D eigenvalue weighted by Crippen LogP contribution is 2.33. The van der Waals surface area contributed by atoms with E-state index in [-0.39, 0.29) is 24.6 Å². The number of ketones is 1. The fourth-order valence-corrected chi connectivity index (χ4v) is 3.38. The van der Waals surface area contributed by atoms with E-state index in [0.717, 1.165) is 5.56 Å². The molecule has 1 aliphatic rings. The predicted octanol–water partition coefficient (Wildman–Crippen LogP) is 1.42. The van der Waals surface area contributed by atoms with Crippen molar-refractivity contribution in [3.05, 3.63) is 47.5 Å². The number of Topliss-reactive ketones (excluding diaryl/α,β-unsaturated/α-hetero) is 1. The number of hydrogen-bond acceptors (Lipinski definition) is 8. The summed E-state index contributed by atoms with van der Waals surface area (Å²) in [6.07, 6.45) is 3.24. The molecule has 3 aromatic rings. The summed E-state index contributed by atoms with van der Waals surface area (Å²) < 4.78 is 7.54. The molecule has 0 radical (unpaired) electrons. The van der Waals surface area contributed by atoms with Gasteiger partial charge in [-0.1, -0.05) is 30.3 Å². The quantitative estimate of drug-likeness (QED) is 0.552. The molecule has 0 spiro atoms. The molecule has 1 aliphatic heterocycles. The number of benzene rings is 1. The molecule has 150 valence electrons. The van der Waals surface area contributed by atoms with Gasteiger partial charge in [-0.25, -0.2) is 15.0 Å². The Bertz CT molecular complexity index is 1080. The van der Waals surface area contributed by atoms with Crippen LogP contribution < -0.4 is 5.73 Å². The summed E-state index contributed by atoms with van der Waals surface area (Å²) in [6, 6.07) is 7.20. The summed E-state index contributed by atoms with van der Waals surface area (Å²) in [7, 11) is 0. The summed E-state index contributed by atoms with van der Waals surface area (Å²) in [5.41, 5.74) is 8.40. The highest BCUT2D eigenvalue weighted by molar-refractivity contribution is 5.94. The second-order valence-corrected chi connectivity index (χ2v) is 6.90. The van der Waals surface area contributed by atoms with Crippen LogP contribution >= 0.6 is 0 Å². The zero-order chi connectivity index (χ0) is 20.5. The second kappa shape index (κ2) is 7.70. The minimum absolute atomic E-state index is 0.00625. The molecule has 3 heterocycles. The van der Waals surface area contributed by atoms with Crippen LogP contribution in [0.3, 0.4) is 0 Å². The third-order valence-corrected chi connectivity index (χ3v) is 4.95. The summed E-state index contributed by atoms with van der Waals surface area (Å²) in [4.78, 5) is 24.2. The van der Waals surface area contributed by atoms with E-state index in [4.69, 9.17) is 10.5 Å². The fourth-order valence-electron chi connectivity index (χ4n) is 3.38. The van der Waals surface area contributed by atoms with Gasteiger partial charge in [0.2, 0.25) is 0 Å². The first-order valence-corrected chi connectivity index (χ1v) is 9.19. The van der Waals surface area contributed by atoms with Gasteiger partial charge in [-0.3, -0.25) is 9.36 Å². The van der Waals surface area contributed by atoms with Gasteiger partial charge < -0.3 is 20.7 Å². The average molecular weight is 395 g/mol. The average Bonchev–Trinajstić information content (AvgIpc) is 3.27. The summed E-state index contributed by atoms with van der Waals surface area (Å²) in [5, 5.41) is 19.5. The van der Waals surface area contributed by atoms with Crippen LogP contribution in [0.5, 0.6) is 0 Å². The van der Waals surface area contributed by atoms with E-state index in [9.17, 15) is 15.0 Å². The number of anilines is 1. The smallest absolute Gasteiger partial charge is 0.168 e. The number of ether oxygens (including phenoxy) is 1. The maximum Gasteiger partial charge on any atom is 0.168 e. The SMILES string of the molecule is CC(=O)c1ccc(/C=C/c2nc3c(N)ncnc3n2[C@H]2C[C@H](O)[C@@H](CO)O2)cc1. The third kappa shape index (κ3) is 3.63. The zero-order valence-corrected chi connectivity index (χ0v) is 15.8. The molecular weight excluding hydrogens is 374 g/mol. The van der Waals surface area contributed by atoms with Crippen LogP contribution in [0.4, 0.5) is 5.82 Å².